The van der Waals surface area contributed by atoms with E-state index in [0.29, 0.717) is 11.9 Å². The standard InChI is InChI=1S/C12H25NO/c1-9(11(3,4)5)13-10(2)14-12(6,7)8/h9,13H,2H2,1,3-8H3. The van der Waals surface area contributed by atoms with Gasteiger partial charge >= 0.3 is 0 Å². The van der Waals surface area contributed by atoms with E-state index in [2.05, 4.69) is 39.6 Å². The van der Waals surface area contributed by atoms with E-state index in [4.69, 9.17) is 4.74 Å². The molecule has 0 spiro atoms. The molecule has 2 nitrogen and oxygen atoms in total. The second-order valence-corrected chi connectivity index (χ2v) is 5.87. The summed E-state index contributed by atoms with van der Waals surface area (Å²) in [5, 5.41) is 3.26. The third kappa shape index (κ3) is 5.90. The molecule has 0 radical (unpaired) electrons. The van der Waals surface area contributed by atoms with Gasteiger partial charge in [0, 0.05) is 6.04 Å². The Morgan fingerprint density at radius 3 is 1.86 bits per heavy atom. The maximum atomic E-state index is 5.60. The molecule has 0 aliphatic rings. The molecule has 84 valence electrons. The lowest BCUT2D eigenvalue weighted by molar-refractivity contribution is 0.0344. The minimum absolute atomic E-state index is 0.179. The highest BCUT2D eigenvalue weighted by Gasteiger charge is 2.21. The topological polar surface area (TPSA) is 21.3 Å². The Kier molecular flexibility index (Phi) is 4.04. The first kappa shape index (κ1) is 13.3. The van der Waals surface area contributed by atoms with Gasteiger partial charge in [0.2, 0.25) is 0 Å². The highest BCUT2D eigenvalue weighted by Crippen LogP contribution is 2.20. The van der Waals surface area contributed by atoms with Crippen LogP contribution in [0.3, 0.4) is 0 Å². The van der Waals surface area contributed by atoms with Crippen LogP contribution in [0.4, 0.5) is 0 Å². The predicted octanol–water partition coefficient (Wildman–Crippen LogP) is 3.30. The van der Waals surface area contributed by atoms with Crippen LogP contribution in [0.25, 0.3) is 0 Å². The Balaban J connectivity index is 4.09. The Bertz CT molecular complexity index is 195. The number of ether oxygens (including phenoxy) is 1. The van der Waals surface area contributed by atoms with Gasteiger partial charge in [0.1, 0.15) is 5.60 Å². The second-order valence-electron chi connectivity index (χ2n) is 5.87. The zero-order valence-corrected chi connectivity index (χ0v) is 10.7. The van der Waals surface area contributed by atoms with E-state index >= 15 is 0 Å². The van der Waals surface area contributed by atoms with Gasteiger partial charge in [0.25, 0.3) is 0 Å². The van der Waals surface area contributed by atoms with E-state index in [1.54, 1.807) is 0 Å². The Morgan fingerprint density at radius 2 is 1.57 bits per heavy atom. The van der Waals surface area contributed by atoms with Crippen LogP contribution in [-0.4, -0.2) is 11.6 Å². The first-order valence-corrected chi connectivity index (χ1v) is 5.17. The highest BCUT2D eigenvalue weighted by atomic mass is 16.5. The number of nitrogens with one attached hydrogen (secondary N) is 1. The minimum atomic E-state index is -0.179. The van der Waals surface area contributed by atoms with Crippen molar-refractivity contribution in [3.8, 4) is 0 Å². The maximum absolute atomic E-state index is 5.60. The first-order chi connectivity index (χ1) is 6.02. The van der Waals surface area contributed by atoms with Gasteiger partial charge in [-0.05, 0) is 39.7 Å². The summed E-state index contributed by atoms with van der Waals surface area (Å²) in [7, 11) is 0. The van der Waals surface area contributed by atoms with E-state index in [-0.39, 0.29) is 11.0 Å². The SMILES string of the molecule is C=C(NC(C)C(C)(C)C)OC(C)(C)C. The van der Waals surface area contributed by atoms with E-state index in [1.807, 2.05) is 20.8 Å². The quantitative estimate of drug-likeness (QED) is 0.704. The van der Waals surface area contributed by atoms with Crippen LogP contribution in [-0.2, 0) is 4.74 Å². The molecular weight excluding hydrogens is 174 g/mol. The summed E-state index contributed by atoms with van der Waals surface area (Å²) in [6, 6.07) is 0.345. The third-order valence-corrected chi connectivity index (χ3v) is 2.11. The lowest BCUT2D eigenvalue weighted by atomic mass is 9.88. The van der Waals surface area contributed by atoms with Gasteiger partial charge in [-0.2, -0.15) is 0 Å². The monoisotopic (exact) mass is 199 g/mol. The minimum Gasteiger partial charge on any atom is -0.474 e. The fourth-order valence-electron chi connectivity index (χ4n) is 0.857. The van der Waals surface area contributed by atoms with Crippen LogP contribution in [0.15, 0.2) is 12.5 Å². The van der Waals surface area contributed by atoms with Crippen LogP contribution in [0.5, 0.6) is 0 Å². The van der Waals surface area contributed by atoms with Crippen molar-refractivity contribution >= 4 is 0 Å². The van der Waals surface area contributed by atoms with Gasteiger partial charge in [0.05, 0.1) is 0 Å². The van der Waals surface area contributed by atoms with Crippen molar-refractivity contribution in [1.82, 2.24) is 5.32 Å². The molecule has 1 N–H and O–H groups in total. The van der Waals surface area contributed by atoms with Crippen molar-refractivity contribution in [2.24, 2.45) is 5.41 Å². The summed E-state index contributed by atoms with van der Waals surface area (Å²) in [6.45, 7) is 18.6. The molecule has 0 saturated heterocycles. The lowest BCUT2D eigenvalue weighted by Crippen LogP contribution is -2.39. The van der Waals surface area contributed by atoms with Crippen molar-refractivity contribution in [3.63, 3.8) is 0 Å². The summed E-state index contributed by atoms with van der Waals surface area (Å²) < 4.78 is 5.60. The zero-order chi connectivity index (χ0) is 11.6. The van der Waals surface area contributed by atoms with Gasteiger partial charge in [0.15, 0.2) is 5.88 Å². The molecule has 0 saturated carbocycles. The number of hydrogen-bond acceptors (Lipinski definition) is 2. The van der Waals surface area contributed by atoms with Crippen molar-refractivity contribution in [2.45, 2.75) is 60.1 Å². The van der Waals surface area contributed by atoms with E-state index in [0.717, 1.165) is 0 Å². The molecule has 14 heavy (non-hydrogen) atoms. The molecule has 0 amide bonds. The molecule has 0 fully saturated rings. The summed E-state index contributed by atoms with van der Waals surface area (Å²) in [6.07, 6.45) is 0. The molecule has 0 aromatic carbocycles. The van der Waals surface area contributed by atoms with Crippen LogP contribution < -0.4 is 5.32 Å². The van der Waals surface area contributed by atoms with Gasteiger partial charge < -0.3 is 10.1 Å². The summed E-state index contributed by atoms with van der Waals surface area (Å²) in [5.74, 6) is 0.653. The van der Waals surface area contributed by atoms with Gasteiger partial charge in [-0.1, -0.05) is 20.8 Å². The average Bonchev–Trinajstić information content (AvgIpc) is 1.79. The second kappa shape index (κ2) is 4.24. The van der Waals surface area contributed by atoms with Crippen LogP contribution in [0.1, 0.15) is 48.5 Å². The third-order valence-electron chi connectivity index (χ3n) is 2.11. The highest BCUT2D eigenvalue weighted by molar-refractivity contribution is 4.89. The molecule has 0 aromatic heterocycles. The normalized spacial score (nSPS) is 14.8. The fraction of sp³-hybridized carbons (Fsp3) is 0.833. The largest absolute Gasteiger partial charge is 0.474 e. The Morgan fingerprint density at radius 1 is 1.14 bits per heavy atom. The molecule has 0 bridgehead atoms. The number of rotatable bonds is 3. The van der Waals surface area contributed by atoms with Crippen LogP contribution >= 0.6 is 0 Å². The van der Waals surface area contributed by atoms with Gasteiger partial charge in [-0.15, -0.1) is 0 Å². The smallest absolute Gasteiger partial charge is 0.180 e. The maximum Gasteiger partial charge on any atom is 0.180 e. The summed E-state index contributed by atoms with van der Waals surface area (Å²) in [4.78, 5) is 0. The van der Waals surface area contributed by atoms with Gasteiger partial charge in [-0.25, -0.2) is 0 Å². The average molecular weight is 199 g/mol. The fourth-order valence-corrected chi connectivity index (χ4v) is 0.857. The molecule has 0 aromatic rings. The molecule has 0 heterocycles. The van der Waals surface area contributed by atoms with E-state index < -0.39 is 0 Å². The van der Waals surface area contributed by atoms with Crippen molar-refractivity contribution < 1.29 is 4.74 Å². The van der Waals surface area contributed by atoms with E-state index in [9.17, 15) is 0 Å². The van der Waals surface area contributed by atoms with Crippen molar-refractivity contribution in [1.29, 1.82) is 0 Å². The number of hydrogen-bond donors (Lipinski definition) is 1. The van der Waals surface area contributed by atoms with Crippen molar-refractivity contribution in [3.05, 3.63) is 12.5 Å². The van der Waals surface area contributed by atoms with Crippen LogP contribution in [0.2, 0.25) is 0 Å². The first-order valence-electron chi connectivity index (χ1n) is 5.17. The molecule has 2 heteroatoms. The Hall–Kier alpha value is -0.660. The van der Waals surface area contributed by atoms with E-state index in [1.165, 1.54) is 0 Å². The molecular formula is C12H25NO. The predicted molar refractivity (Wildman–Crippen MR) is 62.0 cm³/mol. The molecule has 1 unspecified atom stereocenters. The zero-order valence-electron chi connectivity index (χ0n) is 10.7. The summed E-state index contributed by atoms with van der Waals surface area (Å²) in [5.41, 5.74) is 0.0336. The molecule has 0 aliphatic carbocycles. The Labute approximate surface area is 88.7 Å². The van der Waals surface area contributed by atoms with Crippen LogP contribution in [0, 0.1) is 5.41 Å². The van der Waals surface area contributed by atoms with Crippen molar-refractivity contribution in [2.75, 3.05) is 0 Å². The van der Waals surface area contributed by atoms with Gasteiger partial charge in [-0.3, -0.25) is 0 Å². The summed E-state index contributed by atoms with van der Waals surface area (Å²) >= 11 is 0. The molecule has 0 aliphatic heterocycles. The lowest BCUT2D eigenvalue weighted by Gasteiger charge is -2.32. The molecule has 1 atom stereocenters. The molecule has 0 rings (SSSR count).